The smallest absolute Gasteiger partial charge is 0.252 e. The van der Waals surface area contributed by atoms with Crippen molar-refractivity contribution in [2.75, 3.05) is 14.7 Å². The molecule has 0 N–H and O–H groups in total. The molecule has 2 unspecified atom stereocenters. The van der Waals surface area contributed by atoms with E-state index in [-0.39, 0.29) is 23.0 Å². The normalized spacial score (nSPS) is 17.9. The van der Waals surface area contributed by atoms with E-state index < -0.39 is 11.0 Å². The van der Waals surface area contributed by atoms with Gasteiger partial charge in [0, 0.05) is 45.5 Å². The van der Waals surface area contributed by atoms with Gasteiger partial charge in [-0.05, 0) is 168 Å². The molecular weight excluding hydrogens is 978 g/mol. The second-order valence-electron chi connectivity index (χ2n) is 26.7. The molecule has 3 nitrogen and oxygen atoms in total. The first-order chi connectivity index (χ1) is 38.9. The number of hydrogen-bond acceptors (Lipinski definition) is 3. The van der Waals surface area contributed by atoms with Crippen LogP contribution in [0.15, 0.2) is 231 Å². The number of benzene rings is 10. The van der Waals surface area contributed by atoms with E-state index in [1.165, 1.54) is 112 Å². The first-order valence-electron chi connectivity index (χ1n) is 29.4. The summed E-state index contributed by atoms with van der Waals surface area (Å²) in [7, 11) is 0. The van der Waals surface area contributed by atoms with Crippen molar-refractivity contribution in [3.05, 3.63) is 269 Å². The lowest BCUT2D eigenvalue weighted by atomic mass is 9.33. The van der Waals surface area contributed by atoms with E-state index in [0.29, 0.717) is 0 Å². The summed E-state index contributed by atoms with van der Waals surface area (Å²) in [6.45, 7) is 23.6. The summed E-state index contributed by atoms with van der Waals surface area (Å²) in [5.41, 5.74) is 26.7. The molecule has 81 heavy (non-hydrogen) atoms. The summed E-state index contributed by atoms with van der Waals surface area (Å²) >= 11 is 0. The third kappa shape index (κ3) is 7.84. The van der Waals surface area contributed by atoms with Crippen molar-refractivity contribution in [1.29, 1.82) is 0 Å². The molecule has 0 fully saturated rings. The van der Waals surface area contributed by atoms with Crippen LogP contribution in [0.4, 0.5) is 45.5 Å². The van der Waals surface area contributed by atoms with E-state index in [4.69, 9.17) is 0 Å². The summed E-state index contributed by atoms with van der Waals surface area (Å²) < 4.78 is 0. The maximum absolute atomic E-state index is 2.80. The van der Waals surface area contributed by atoms with E-state index in [9.17, 15) is 0 Å². The fourth-order valence-corrected chi connectivity index (χ4v) is 14.7. The zero-order chi connectivity index (χ0) is 55.8. The Bertz CT molecular complexity index is 4090. The van der Waals surface area contributed by atoms with Crippen LogP contribution in [-0.2, 0) is 33.6 Å². The highest BCUT2D eigenvalue weighted by Gasteiger charge is 2.63. The SMILES string of the molecule is CC(C)(C)c1ccc(N2c3ccc(C(C)(C)C)cc3B3c4ccc(-c5ccccc5)cc4N(c4cccc(-c5ccccc5)c4)c4cc(N5c6ccc(C(C)(C)C)cc6C6(c7ccccc7)CCc7ccccc7C56C)cc2c43)cc1. The van der Waals surface area contributed by atoms with Crippen molar-refractivity contribution in [3.8, 4) is 22.3 Å². The third-order valence-electron chi connectivity index (χ3n) is 18.9. The van der Waals surface area contributed by atoms with Gasteiger partial charge in [0.15, 0.2) is 0 Å². The van der Waals surface area contributed by atoms with Crippen LogP contribution in [-0.4, -0.2) is 6.71 Å². The summed E-state index contributed by atoms with van der Waals surface area (Å²) in [6, 6.07) is 88.9. The molecular formula is C77H72BN3. The molecule has 0 saturated carbocycles. The van der Waals surface area contributed by atoms with Crippen LogP contribution in [0.1, 0.15) is 115 Å². The number of fused-ring (bicyclic) bond motifs is 9. The van der Waals surface area contributed by atoms with Gasteiger partial charge in [0.05, 0.1) is 11.0 Å². The van der Waals surface area contributed by atoms with Crippen LogP contribution in [0.25, 0.3) is 22.3 Å². The molecule has 0 aromatic heterocycles. The van der Waals surface area contributed by atoms with Crippen LogP contribution >= 0.6 is 0 Å². The second kappa shape index (κ2) is 18.3. The van der Waals surface area contributed by atoms with Crippen LogP contribution in [0.3, 0.4) is 0 Å². The Kier molecular flexibility index (Phi) is 11.5. The molecule has 0 amide bonds. The summed E-state index contributed by atoms with van der Waals surface area (Å²) in [6.07, 6.45) is 1.97. The summed E-state index contributed by atoms with van der Waals surface area (Å²) in [5, 5.41) is 0. The highest BCUT2D eigenvalue weighted by atomic mass is 15.3. The van der Waals surface area contributed by atoms with Gasteiger partial charge in [-0.25, -0.2) is 0 Å². The van der Waals surface area contributed by atoms with Crippen LogP contribution < -0.4 is 31.1 Å². The Morgan fingerprint density at radius 3 is 1.56 bits per heavy atom. The van der Waals surface area contributed by atoms with Gasteiger partial charge in [-0.3, -0.25) is 0 Å². The molecule has 0 bridgehead atoms. The van der Waals surface area contributed by atoms with E-state index in [0.717, 1.165) is 24.2 Å². The monoisotopic (exact) mass is 1050 g/mol. The van der Waals surface area contributed by atoms with E-state index in [2.05, 4.69) is 314 Å². The minimum absolute atomic E-state index is 0.00575. The van der Waals surface area contributed by atoms with Gasteiger partial charge in [-0.2, -0.15) is 0 Å². The minimum Gasteiger partial charge on any atom is -0.330 e. The lowest BCUT2D eigenvalue weighted by molar-refractivity contribution is 0.270. The Morgan fingerprint density at radius 1 is 0.370 bits per heavy atom. The topological polar surface area (TPSA) is 9.72 Å². The molecule has 4 heteroatoms. The predicted molar refractivity (Wildman–Crippen MR) is 345 cm³/mol. The van der Waals surface area contributed by atoms with E-state index in [1.54, 1.807) is 0 Å². The first kappa shape index (κ1) is 50.9. The number of aryl methyl sites for hydroxylation is 1. The van der Waals surface area contributed by atoms with Crippen molar-refractivity contribution in [1.82, 2.24) is 0 Å². The third-order valence-corrected chi connectivity index (χ3v) is 18.9. The van der Waals surface area contributed by atoms with Gasteiger partial charge in [0.25, 0.3) is 6.71 Å². The minimum atomic E-state index is -0.555. The Morgan fingerprint density at radius 2 is 0.914 bits per heavy atom. The van der Waals surface area contributed by atoms with Gasteiger partial charge >= 0.3 is 0 Å². The zero-order valence-electron chi connectivity index (χ0n) is 48.8. The highest BCUT2D eigenvalue weighted by molar-refractivity contribution is 7.00. The van der Waals surface area contributed by atoms with Crippen molar-refractivity contribution in [2.24, 2.45) is 0 Å². The molecule has 3 heterocycles. The molecule has 0 spiro atoms. The molecule has 3 aliphatic heterocycles. The largest absolute Gasteiger partial charge is 0.330 e. The van der Waals surface area contributed by atoms with E-state index >= 15 is 0 Å². The number of nitrogens with zero attached hydrogens (tertiary/aromatic N) is 3. The predicted octanol–water partition coefficient (Wildman–Crippen LogP) is 18.3. The lowest BCUT2D eigenvalue weighted by Crippen LogP contribution is -2.61. The average Bonchev–Trinajstić information content (AvgIpc) is 3.98. The molecule has 14 rings (SSSR count). The molecule has 2 atom stereocenters. The van der Waals surface area contributed by atoms with Crippen molar-refractivity contribution >= 4 is 68.6 Å². The highest BCUT2D eigenvalue weighted by Crippen LogP contribution is 2.67. The van der Waals surface area contributed by atoms with Gasteiger partial charge in [-0.1, -0.05) is 238 Å². The number of rotatable bonds is 6. The Balaban J connectivity index is 1.14. The maximum atomic E-state index is 2.80. The number of anilines is 8. The molecule has 1 aliphatic carbocycles. The van der Waals surface area contributed by atoms with Crippen LogP contribution in [0.2, 0.25) is 0 Å². The molecule has 10 aromatic carbocycles. The van der Waals surface area contributed by atoms with Crippen LogP contribution in [0, 0.1) is 0 Å². The molecule has 0 radical (unpaired) electrons. The fourth-order valence-electron chi connectivity index (χ4n) is 14.7. The van der Waals surface area contributed by atoms with E-state index in [1.807, 2.05) is 0 Å². The first-order valence-corrected chi connectivity index (χ1v) is 29.4. The summed E-state index contributed by atoms with van der Waals surface area (Å²) in [5.74, 6) is 0. The quantitative estimate of drug-likeness (QED) is 0.154. The molecule has 0 saturated heterocycles. The maximum Gasteiger partial charge on any atom is 0.252 e. The van der Waals surface area contributed by atoms with Gasteiger partial charge in [-0.15, -0.1) is 0 Å². The summed E-state index contributed by atoms with van der Waals surface area (Å²) in [4.78, 5) is 8.06. The molecule has 398 valence electrons. The van der Waals surface area contributed by atoms with Crippen LogP contribution in [0.5, 0.6) is 0 Å². The lowest BCUT2D eigenvalue weighted by Gasteiger charge is -2.53. The van der Waals surface area contributed by atoms with Gasteiger partial charge < -0.3 is 14.7 Å². The van der Waals surface area contributed by atoms with Crippen molar-refractivity contribution < 1.29 is 0 Å². The van der Waals surface area contributed by atoms with Crippen molar-refractivity contribution in [3.63, 3.8) is 0 Å². The standard InChI is InChI=1S/C77H72BN3/c1-73(2,3)56-34-38-60(39-35-56)79-68-42-37-59(75(7,8)9)48-66(68)78-65-40-33-55(52-25-16-12-17-26-52)46-69(65)80(61-31-22-28-54(45-61)51-23-14-11-15-24-51)71-50-62(49-70(79)72(71)78)81-67-41-36-58(74(4,5)6)47-64(67)77(57-29-18-13-19-30-57)44-43-53-27-20-21-32-63(53)76(77,81)10/h11-42,45-50H,43-44H2,1-10H3. The number of hydrogen-bond donors (Lipinski definition) is 0. The molecule has 4 aliphatic rings. The van der Waals surface area contributed by atoms with Gasteiger partial charge in [0.1, 0.15) is 0 Å². The average molecular weight is 1050 g/mol. The van der Waals surface area contributed by atoms with Gasteiger partial charge in [0.2, 0.25) is 0 Å². The zero-order valence-corrected chi connectivity index (χ0v) is 48.8. The second-order valence-corrected chi connectivity index (χ2v) is 26.7. The van der Waals surface area contributed by atoms with Crippen molar-refractivity contribution in [2.45, 2.75) is 109 Å². The molecule has 10 aromatic rings. The Labute approximate surface area is 481 Å². The fraction of sp³-hybridized carbons (Fsp3) is 0.221. The Hall–Kier alpha value is -8.34.